The lowest BCUT2D eigenvalue weighted by Crippen LogP contribution is -2.54. The number of aliphatic hydroxyl groups is 1. The number of aliphatic hydroxyl groups excluding tert-OH is 1. The Labute approximate surface area is 209 Å². The molecule has 10 heteroatoms. The predicted molar refractivity (Wildman–Crippen MR) is 132 cm³/mol. The molecule has 4 rings (SSSR count). The average molecular weight is 495 g/mol. The van der Waals surface area contributed by atoms with E-state index in [1.165, 1.54) is 6.20 Å². The Bertz CT molecular complexity index is 1160. The average Bonchev–Trinajstić information content (AvgIpc) is 2.85. The van der Waals surface area contributed by atoms with Crippen LogP contribution in [-0.2, 0) is 9.53 Å². The molecule has 0 saturated carbocycles. The van der Waals surface area contributed by atoms with Crippen LogP contribution in [0.5, 0.6) is 11.5 Å². The van der Waals surface area contributed by atoms with Gasteiger partial charge < -0.3 is 29.5 Å². The van der Waals surface area contributed by atoms with Crippen molar-refractivity contribution in [2.75, 3.05) is 32.1 Å². The van der Waals surface area contributed by atoms with Gasteiger partial charge in [0.15, 0.2) is 5.82 Å². The topological polar surface area (TPSA) is 123 Å². The van der Waals surface area contributed by atoms with Gasteiger partial charge in [0.2, 0.25) is 0 Å². The summed E-state index contributed by atoms with van der Waals surface area (Å²) in [4.78, 5) is 35.5. The summed E-state index contributed by atoms with van der Waals surface area (Å²) < 4.78 is 17.1. The smallest absolute Gasteiger partial charge is 0.257 e. The number of carbonyl (C=O) groups excluding carboxylic acids is 2. The number of carbonyl (C=O) groups is 2. The van der Waals surface area contributed by atoms with E-state index in [4.69, 9.17) is 14.2 Å². The fourth-order valence-electron chi connectivity index (χ4n) is 3.71. The Balaban J connectivity index is 1.45. The molecule has 0 radical (unpaired) electrons. The Morgan fingerprint density at radius 3 is 2.61 bits per heavy atom. The zero-order chi connectivity index (χ0) is 25.7. The van der Waals surface area contributed by atoms with E-state index in [1.807, 2.05) is 12.2 Å². The Kier molecular flexibility index (Phi) is 7.97. The number of hydrogen-bond acceptors (Lipinski definition) is 8. The summed E-state index contributed by atoms with van der Waals surface area (Å²) in [6.45, 7) is 4.54. The number of anilines is 1. The first-order valence-electron chi connectivity index (χ1n) is 11.7. The van der Waals surface area contributed by atoms with Gasteiger partial charge in [0.1, 0.15) is 23.7 Å². The Morgan fingerprint density at radius 2 is 1.97 bits per heavy atom. The Hall–Kier alpha value is -3.76. The second kappa shape index (κ2) is 11.3. The number of nitrogens with one attached hydrogen (secondary N) is 1. The van der Waals surface area contributed by atoms with Crippen molar-refractivity contribution in [3.05, 3.63) is 65.7 Å². The summed E-state index contributed by atoms with van der Waals surface area (Å²) in [5.41, 5.74) is 1.66. The predicted octanol–water partition coefficient (Wildman–Crippen LogP) is 2.29. The minimum absolute atomic E-state index is 0.0236. The van der Waals surface area contributed by atoms with Gasteiger partial charge in [-0.15, -0.1) is 0 Å². The van der Waals surface area contributed by atoms with Gasteiger partial charge in [0.25, 0.3) is 11.8 Å². The van der Waals surface area contributed by atoms with Crippen LogP contribution >= 0.6 is 0 Å². The first-order chi connectivity index (χ1) is 17.3. The number of aryl methyl sites for hydroxylation is 1. The third-order valence-corrected chi connectivity index (χ3v) is 5.82. The van der Waals surface area contributed by atoms with Crippen LogP contribution in [0.2, 0.25) is 0 Å². The zero-order valence-corrected chi connectivity index (χ0v) is 20.5. The van der Waals surface area contributed by atoms with E-state index in [0.29, 0.717) is 48.0 Å². The minimum atomic E-state index is -0.468. The number of benzene rings is 1. The molecule has 10 nitrogen and oxygen atoms in total. The van der Waals surface area contributed by atoms with Gasteiger partial charge in [-0.25, -0.2) is 4.98 Å². The highest BCUT2D eigenvalue weighted by atomic mass is 16.5. The molecule has 2 aliphatic rings. The summed E-state index contributed by atoms with van der Waals surface area (Å²) in [6, 6.07) is 4.85. The molecule has 2 atom stereocenters. The maximum atomic E-state index is 12.9. The number of amides is 2. The number of nitrogens with zero attached hydrogens (tertiary/aromatic N) is 3. The quantitative estimate of drug-likeness (QED) is 0.544. The third-order valence-electron chi connectivity index (χ3n) is 5.82. The lowest BCUT2D eigenvalue weighted by molar-refractivity contribution is -0.138. The molecule has 1 aliphatic carbocycles. The largest absolute Gasteiger partial charge is 0.488 e. The molecule has 1 fully saturated rings. The van der Waals surface area contributed by atoms with Crippen molar-refractivity contribution in [1.29, 1.82) is 0 Å². The number of hydrogen-bond donors (Lipinski definition) is 2. The number of ether oxygens (including phenoxy) is 3. The molecule has 1 aromatic heterocycles. The van der Waals surface area contributed by atoms with Gasteiger partial charge in [-0.2, -0.15) is 0 Å². The SMILES string of the molecule is COC1CN(C(=O)C2=CCC(Oc3cc(O[C@@H](C)CO)cc(C(=O)Nc4cnc(C)cn4)c3)C=C2)C1. The lowest BCUT2D eigenvalue weighted by Gasteiger charge is -2.38. The van der Waals surface area contributed by atoms with Crippen LogP contribution in [0.15, 0.2) is 54.4 Å². The number of methoxy groups -OCH3 is 1. The summed E-state index contributed by atoms with van der Waals surface area (Å²) in [7, 11) is 1.64. The van der Waals surface area contributed by atoms with Crippen LogP contribution in [0.3, 0.4) is 0 Å². The van der Waals surface area contributed by atoms with Gasteiger partial charge in [-0.05, 0) is 32.1 Å². The highest BCUT2D eigenvalue weighted by Crippen LogP contribution is 2.28. The van der Waals surface area contributed by atoms with E-state index in [0.717, 1.165) is 5.69 Å². The molecular weight excluding hydrogens is 464 g/mol. The van der Waals surface area contributed by atoms with E-state index in [2.05, 4.69) is 15.3 Å². The highest BCUT2D eigenvalue weighted by molar-refractivity contribution is 6.04. The van der Waals surface area contributed by atoms with Crippen LogP contribution in [0, 0.1) is 6.92 Å². The monoisotopic (exact) mass is 494 g/mol. The van der Waals surface area contributed by atoms with Gasteiger partial charge in [0.05, 0.1) is 30.8 Å². The van der Waals surface area contributed by atoms with Crippen molar-refractivity contribution in [3.63, 3.8) is 0 Å². The first-order valence-corrected chi connectivity index (χ1v) is 11.7. The van der Waals surface area contributed by atoms with E-state index >= 15 is 0 Å². The lowest BCUT2D eigenvalue weighted by atomic mass is 10.0. The van der Waals surface area contributed by atoms with Crippen molar-refractivity contribution in [2.24, 2.45) is 0 Å². The summed E-state index contributed by atoms with van der Waals surface area (Å²) in [5, 5.41) is 12.1. The van der Waals surface area contributed by atoms with E-state index in [-0.39, 0.29) is 24.7 Å². The second-order valence-electron chi connectivity index (χ2n) is 8.78. The summed E-state index contributed by atoms with van der Waals surface area (Å²) in [5.74, 6) is 0.687. The standard InChI is InChI=1S/C26H30N4O6/c1-16-11-28-24(12-27-16)29-25(32)19-8-21(35-17(2)15-31)10-22(9-19)36-20-6-4-18(5-7-20)26(33)30-13-23(14-30)34-3/h4-6,8-12,17,20,23,31H,7,13-15H2,1-3H3,(H,28,29,32)/t17-,20?/m0/s1. The number of rotatable bonds is 9. The normalized spacial score (nSPS) is 18.2. The molecule has 2 aromatic rings. The van der Waals surface area contributed by atoms with Gasteiger partial charge in [-0.3, -0.25) is 14.6 Å². The highest BCUT2D eigenvalue weighted by Gasteiger charge is 2.32. The Morgan fingerprint density at radius 1 is 1.19 bits per heavy atom. The van der Waals surface area contributed by atoms with E-state index < -0.39 is 12.0 Å². The molecule has 190 valence electrons. The number of aromatic nitrogens is 2. The van der Waals surface area contributed by atoms with Crippen molar-refractivity contribution in [3.8, 4) is 11.5 Å². The summed E-state index contributed by atoms with van der Waals surface area (Å²) in [6.07, 6.45) is 8.28. The van der Waals surface area contributed by atoms with Crippen LogP contribution < -0.4 is 14.8 Å². The van der Waals surface area contributed by atoms with Crippen LogP contribution in [0.4, 0.5) is 5.82 Å². The molecule has 1 aliphatic heterocycles. The fourth-order valence-corrected chi connectivity index (χ4v) is 3.71. The van der Waals surface area contributed by atoms with E-state index in [9.17, 15) is 14.7 Å². The zero-order valence-electron chi connectivity index (χ0n) is 20.5. The van der Waals surface area contributed by atoms with Crippen molar-refractivity contribution in [2.45, 2.75) is 38.6 Å². The van der Waals surface area contributed by atoms with Crippen LogP contribution in [-0.4, -0.2) is 76.9 Å². The maximum absolute atomic E-state index is 12.9. The van der Waals surface area contributed by atoms with Crippen molar-refractivity contribution in [1.82, 2.24) is 14.9 Å². The molecule has 1 unspecified atom stereocenters. The first kappa shape index (κ1) is 25.3. The molecule has 2 N–H and O–H groups in total. The molecule has 2 heterocycles. The minimum Gasteiger partial charge on any atom is -0.488 e. The van der Waals surface area contributed by atoms with Gasteiger partial charge in [0, 0.05) is 43.8 Å². The molecule has 2 amide bonds. The maximum Gasteiger partial charge on any atom is 0.257 e. The van der Waals surface area contributed by atoms with Crippen LogP contribution in [0.25, 0.3) is 0 Å². The fraction of sp³-hybridized carbons (Fsp3) is 0.385. The molecule has 1 saturated heterocycles. The molecule has 0 bridgehead atoms. The number of likely N-dealkylation sites (tertiary alicyclic amines) is 1. The van der Waals surface area contributed by atoms with Crippen molar-refractivity contribution < 1.29 is 28.9 Å². The van der Waals surface area contributed by atoms with Gasteiger partial charge in [-0.1, -0.05) is 12.2 Å². The molecular formula is C26H30N4O6. The van der Waals surface area contributed by atoms with Crippen molar-refractivity contribution >= 4 is 17.6 Å². The second-order valence-corrected chi connectivity index (χ2v) is 8.78. The summed E-state index contributed by atoms with van der Waals surface area (Å²) >= 11 is 0. The van der Waals surface area contributed by atoms with E-state index in [1.54, 1.807) is 56.3 Å². The third kappa shape index (κ3) is 6.27. The van der Waals surface area contributed by atoms with Gasteiger partial charge >= 0.3 is 0 Å². The molecule has 0 spiro atoms. The molecule has 1 aromatic carbocycles. The molecule has 36 heavy (non-hydrogen) atoms. The van der Waals surface area contributed by atoms with Crippen LogP contribution in [0.1, 0.15) is 29.4 Å².